The fraction of sp³-hybridized carbons (Fsp3) is 0.800. The van der Waals surface area contributed by atoms with Crippen molar-refractivity contribution in [3.8, 4) is 0 Å². The van der Waals surface area contributed by atoms with Crippen molar-refractivity contribution in [3.63, 3.8) is 0 Å². The van der Waals surface area contributed by atoms with Crippen molar-refractivity contribution >= 4 is 5.97 Å². The summed E-state index contributed by atoms with van der Waals surface area (Å²) >= 11 is 0. The Labute approximate surface area is 113 Å². The lowest BCUT2D eigenvalue weighted by molar-refractivity contribution is -0.177. The molecule has 104 valence electrons. The first-order chi connectivity index (χ1) is 9.24. The number of carbonyl (C=O) groups is 1. The second kappa shape index (κ2) is 4.32. The van der Waals surface area contributed by atoms with Gasteiger partial charge in [0.25, 0.3) is 0 Å². The lowest BCUT2D eigenvalue weighted by Gasteiger charge is -2.27. The molecule has 3 unspecified atom stereocenters. The molecule has 0 aromatic rings. The zero-order valence-electron chi connectivity index (χ0n) is 11.0. The van der Waals surface area contributed by atoms with E-state index in [4.69, 9.17) is 14.2 Å². The molecule has 4 aliphatic rings. The number of carbonyl (C=O) groups excluding carboxylic acids is 1. The summed E-state index contributed by atoms with van der Waals surface area (Å²) in [4.78, 5) is 12.0. The predicted molar refractivity (Wildman–Crippen MR) is 67.3 cm³/mol. The van der Waals surface area contributed by atoms with Gasteiger partial charge in [0, 0.05) is 0 Å². The molecule has 0 radical (unpaired) electrons. The van der Waals surface area contributed by atoms with Crippen LogP contribution in [0, 0.1) is 11.8 Å². The minimum absolute atomic E-state index is 0.0238. The van der Waals surface area contributed by atoms with Gasteiger partial charge in [-0.1, -0.05) is 12.2 Å². The molecule has 2 aliphatic carbocycles. The molecular weight excluding hydrogens is 244 g/mol. The lowest BCUT2D eigenvalue weighted by Crippen LogP contribution is -2.31. The molecule has 0 aromatic heterocycles. The minimum Gasteiger partial charge on any atom is -0.438 e. The van der Waals surface area contributed by atoms with E-state index in [1.165, 1.54) is 12.8 Å². The molecule has 3 atom stereocenters. The van der Waals surface area contributed by atoms with E-state index in [9.17, 15) is 4.79 Å². The third kappa shape index (κ3) is 2.01. The number of esters is 1. The zero-order chi connectivity index (χ0) is 12.9. The Hall–Kier alpha value is -0.870. The molecule has 0 amide bonds. The molecule has 4 bridgehead atoms. The van der Waals surface area contributed by atoms with E-state index in [1.807, 2.05) is 12.2 Å². The van der Waals surface area contributed by atoms with Gasteiger partial charge in [-0.15, -0.1) is 0 Å². The van der Waals surface area contributed by atoms with Crippen molar-refractivity contribution in [1.82, 2.24) is 0 Å². The molecular formula is C15H20O4. The van der Waals surface area contributed by atoms with Crippen molar-refractivity contribution < 1.29 is 19.0 Å². The average molecular weight is 264 g/mol. The largest absolute Gasteiger partial charge is 0.438 e. The Bertz CT molecular complexity index is 408. The molecule has 4 nitrogen and oxygen atoms in total. The van der Waals surface area contributed by atoms with E-state index in [2.05, 4.69) is 0 Å². The highest BCUT2D eigenvalue weighted by Crippen LogP contribution is 2.49. The Morgan fingerprint density at radius 2 is 2.16 bits per heavy atom. The standard InChI is InChI=1S/C15H20O4/c16-14(12-7-11-1-2-13(12)19-11)17-9-18-15-5-3-10(8-15)4-6-15/h1-2,10-13H,3-9H2. The molecule has 2 saturated carbocycles. The molecule has 4 rings (SSSR count). The van der Waals surface area contributed by atoms with Crippen LogP contribution < -0.4 is 0 Å². The Balaban J connectivity index is 1.27. The van der Waals surface area contributed by atoms with Crippen LogP contribution in [0.5, 0.6) is 0 Å². The summed E-state index contributed by atoms with van der Waals surface area (Å²) < 4.78 is 16.8. The van der Waals surface area contributed by atoms with Crippen molar-refractivity contribution in [2.24, 2.45) is 11.8 Å². The number of rotatable bonds is 4. The number of ether oxygens (including phenoxy) is 3. The van der Waals surface area contributed by atoms with Gasteiger partial charge in [0.1, 0.15) is 0 Å². The summed E-state index contributed by atoms with van der Waals surface area (Å²) in [5.74, 6) is 0.552. The van der Waals surface area contributed by atoms with Crippen LogP contribution in [0.2, 0.25) is 0 Å². The molecule has 4 heteroatoms. The maximum atomic E-state index is 12.0. The summed E-state index contributed by atoms with van der Waals surface area (Å²) in [5, 5.41) is 0. The second-order valence-corrected chi connectivity index (χ2v) is 6.42. The Kier molecular flexibility index (Phi) is 2.71. The van der Waals surface area contributed by atoms with Gasteiger partial charge in [0.05, 0.1) is 23.7 Å². The fourth-order valence-electron chi connectivity index (χ4n) is 4.16. The van der Waals surface area contributed by atoms with Gasteiger partial charge < -0.3 is 14.2 Å². The molecule has 2 aliphatic heterocycles. The topological polar surface area (TPSA) is 44.8 Å². The van der Waals surface area contributed by atoms with E-state index in [0.29, 0.717) is 0 Å². The van der Waals surface area contributed by atoms with E-state index >= 15 is 0 Å². The number of hydrogen-bond acceptors (Lipinski definition) is 4. The fourth-order valence-corrected chi connectivity index (χ4v) is 4.16. The van der Waals surface area contributed by atoms with Crippen LogP contribution >= 0.6 is 0 Å². The quantitative estimate of drug-likeness (QED) is 0.443. The average Bonchev–Trinajstić information content (AvgIpc) is 3.18. The van der Waals surface area contributed by atoms with Crippen LogP contribution in [-0.4, -0.2) is 30.6 Å². The van der Waals surface area contributed by atoms with Gasteiger partial charge in [-0.05, 0) is 44.4 Å². The Morgan fingerprint density at radius 3 is 2.74 bits per heavy atom. The van der Waals surface area contributed by atoms with E-state index < -0.39 is 0 Å². The number of hydrogen-bond donors (Lipinski definition) is 0. The summed E-state index contributed by atoms with van der Waals surface area (Å²) in [6.07, 6.45) is 10.8. The predicted octanol–water partition coefficient (Wildman–Crippen LogP) is 2.18. The maximum absolute atomic E-state index is 12.0. The first-order valence-electron chi connectivity index (χ1n) is 7.39. The van der Waals surface area contributed by atoms with Crippen molar-refractivity contribution in [2.75, 3.05) is 6.79 Å². The van der Waals surface area contributed by atoms with Gasteiger partial charge in [0.15, 0.2) is 6.79 Å². The van der Waals surface area contributed by atoms with Crippen LogP contribution in [0.15, 0.2) is 12.2 Å². The molecule has 3 fully saturated rings. The van der Waals surface area contributed by atoms with Crippen molar-refractivity contribution in [1.29, 1.82) is 0 Å². The Morgan fingerprint density at radius 1 is 1.32 bits per heavy atom. The van der Waals surface area contributed by atoms with Gasteiger partial charge in [-0.2, -0.15) is 0 Å². The molecule has 1 saturated heterocycles. The molecule has 0 spiro atoms. The van der Waals surface area contributed by atoms with Crippen LogP contribution in [-0.2, 0) is 19.0 Å². The summed E-state index contributed by atoms with van der Waals surface area (Å²) in [6.45, 7) is 0.114. The van der Waals surface area contributed by atoms with E-state index in [0.717, 1.165) is 31.6 Å². The van der Waals surface area contributed by atoms with Crippen LogP contribution in [0.3, 0.4) is 0 Å². The van der Waals surface area contributed by atoms with Gasteiger partial charge >= 0.3 is 5.97 Å². The highest BCUT2D eigenvalue weighted by molar-refractivity contribution is 5.74. The smallest absolute Gasteiger partial charge is 0.314 e. The first kappa shape index (κ1) is 11.9. The molecule has 0 aromatic carbocycles. The molecule has 19 heavy (non-hydrogen) atoms. The second-order valence-electron chi connectivity index (χ2n) is 6.42. The zero-order valence-corrected chi connectivity index (χ0v) is 11.0. The summed E-state index contributed by atoms with van der Waals surface area (Å²) in [7, 11) is 0. The van der Waals surface area contributed by atoms with Gasteiger partial charge in [0.2, 0.25) is 0 Å². The van der Waals surface area contributed by atoms with Crippen LogP contribution in [0.25, 0.3) is 0 Å². The maximum Gasteiger partial charge on any atom is 0.314 e. The number of fused-ring (bicyclic) bond motifs is 4. The summed E-state index contributed by atoms with van der Waals surface area (Å²) in [5.41, 5.74) is 0.0238. The lowest BCUT2D eigenvalue weighted by atomic mass is 9.95. The SMILES string of the molecule is O=C(OCOC12CCC(CC1)C2)C1CC2C=CC1O2. The normalized spacial score (nSPS) is 46.1. The van der Waals surface area contributed by atoms with Crippen LogP contribution in [0.4, 0.5) is 0 Å². The first-order valence-corrected chi connectivity index (χ1v) is 7.39. The minimum atomic E-state index is -0.166. The van der Waals surface area contributed by atoms with E-state index in [-0.39, 0.29) is 36.5 Å². The monoisotopic (exact) mass is 264 g/mol. The summed E-state index contributed by atoms with van der Waals surface area (Å²) in [6, 6.07) is 0. The van der Waals surface area contributed by atoms with Crippen molar-refractivity contribution in [2.45, 2.75) is 56.3 Å². The molecule has 0 N–H and O–H groups in total. The van der Waals surface area contributed by atoms with Gasteiger partial charge in [-0.3, -0.25) is 4.79 Å². The van der Waals surface area contributed by atoms with Crippen molar-refractivity contribution in [3.05, 3.63) is 12.2 Å². The van der Waals surface area contributed by atoms with Crippen LogP contribution in [0.1, 0.15) is 38.5 Å². The van der Waals surface area contributed by atoms with Gasteiger partial charge in [-0.25, -0.2) is 0 Å². The highest BCUT2D eigenvalue weighted by Gasteiger charge is 2.46. The van der Waals surface area contributed by atoms with E-state index in [1.54, 1.807) is 0 Å². The third-order valence-corrected chi connectivity index (χ3v) is 5.28. The third-order valence-electron chi connectivity index (χ3n) is 5.28. The molecule has 2 heterocycles. The highest BCUT2D eigenvalue weighted by atomic mass is 16.7.